The number of carbonyl (C=O) groups excluding carboxylic acids is 3. The Morgan fingerprint density at radius 3 is 2.09 bits per heavy atom. The van der Waals surface area contributed by atoms with Crippen LogP contribution >= 0.6 is 0 Å². The van der Waals surface area contributed by atoms with Crippen LogP contribution in [0.3, 0.4) is 0 Å². The minimum absolute atomic E-state index is 0.180. The van der Waals surface area contributed by atoms with E-state index in [1.807, 2.05) is 6.92 Å². The third-order valence-corrected chi connectivity index (χ3v) is 4.25. The lowest BCUT2D eigenvalue weighted by Crippen LogP contribution is -2.40. The predicted octanol–water partition coefficient (Wildman–Crippen LogP) is 2.67. The van der Waals surface area contributed by atoms with Crippen LogP contribution in [-0.2, 0) is 23.7 Å². The van der Waals surface area contributed by atoms with Gasteiger partial charge in [-0.05, 0) is 30.0 Å². The van der Waals surface area contributed by atoms with Crippen molar-refractivity contribution in [3.05, 3.63) is 23.8 Å². The van der Waals surface area contributed by atoms with E-state index in [-0.39, 0.29) is 24.7 Å². The first-order chi connectivity index (χ1) is 15.1. The first-order valence-electron chi connectivity index (χ1n) is 9.58. The molecule has 1 aromatic rings. The molecular weight excluding hydrogens is 430 g/mol. The van der Waals surface area contributed by atoms with E-state index in [1.54, 1.807) is 6.92 Å². The Balaban J connectivity index is 3.25. The molecule has 32 heavy (non-hydrogen) atoms. The number of hydrogen-bond acceptors (Lipinski definition) is 11. The molecule has 0 amide bonds. The zero-order valence-corrected chi connectivity index (χ0v) is 18.2. The molecule has 12 nitrogen and oxygen atoms in total. The number of carbonyl (C=O) groups is 4. The topological polar surface area (TPSA) is 170 Å². The summed E-state index contributed by atoms with van der Waals surface area (Å²) in [7, 11) is 2.17. The van der Waals surface area contributed by atoms with E-state index in [4.69, 9.17) is 24.7 Å². The first-order valence-corrected chi connectivity index (χ1v) is 9.58. The van der Waals surface area contributed by atoms with Gasteiger partial charge in [0.2, 0.25) is 0 Å². The van der Waals surface area contributed by atoms with Crippen molar-refractivity contribution in [1.82, 2.24) is 0 Å². The van der Waals surface area contributed by atoms with Gasteiger partial charge in [0.15, 0.2) is 11.5 Å². The van der Waals surface area contributed by atoms with E-state index in [2.05, 4.69) is 9.47 Å². The molecule has 2 unspecified atom stereocenters. The predicted molar refractivity (Wildman–Crippen MR) is 108 cm³/mol. The minimum Gasteiger partial charge on any atom is -0.480 e. The van der Waals surface area contributed by atoms with Crippen LogP contribution in [0.1, 0.15) is 31.7 Å². The molecule has 0 saturated heterocycles. The van der Waals surface area contributed by atoms with Crippen LogP contribution in [-0.4, -0.2) is 63.0 Å². The highest BCUT2D eigenvalue weighted by molar-refractivity contribution is 5.75. The summed E-state index contributed by atoms with van der Waals surface area (Å²) in [6.45, 7) is 3.43. The van der Waals surface area contributed by atoms with Gasteiger partial charge >= 0.3 is 24.4 Å². The van der Waals surface area contributed by atoms with Crippen LogP contribution in [0.2, 0.25) is 0 Å². The number of carboxylic acids is 1. The number of rotatable bonds is 10. The molecule has 12 heteroatoms. The SMILES string of the molecule is CCCOC(=O)OCC(C)C(c1ccc(OC(=O)OC)c(OC(=O)OC)c1)[C@H](N)C(=O)O. The standard InChI is InChI=1S/C20H27NO11/c1-5-8-29-20(26)30-10-11(2)15(16(21)17(22)23)12-6-7-13(31-18(24)27-3)14(9-12)32-19(25)28-4/h6-7,9,11,15-16H,5,8,10,21H2,1-4H3,(H,22,23)/t11?,15?,16-/m0/s1. The number of benzene rings is 1. The van der Waals surface area contributed by atoms with Crippen LogP contribution in [0.5, 0.6) is 11.5 Å². The average molecular weight is 457 g/mol. The molecular formula is C20H27NO11. The van der Waals surface area contributed by atoms with Gasteiger partial charge in [-0.15, -0.1) is 0 Å². The van der Waals surface area contributed by atoms with Crippen molar-refractivity contribution in [2.75, 3.05) is 27.4 Å². The minimum atomic E-state index is -1.40. The van der Waals surface area contributed by atoms with E-state index in [1.165, 1.54) is 18.2 Å². The summed E-state index contributed by atoms with van der Waals surface area (Å²) in [4.78, 5) is 46.3. The third-order valence-electron chi connectivity index (χ3n) is 4.25. The molecule has 1 rings (SSSR count). The monoisotopic (exact) mass is 457 g/mol. The van der Waals surface area contributed by atoms with E-state index < -0.39 is 42.3 Å². The molecule has 0 aliphatic heterocycles. The van der Waals surface area contributed by atoms with Crippen LogP contribution in [0.15, 0.2) is 18.2 Å². The molecule has 0 aliphatic rings. The normalized spacial score (nSPS) is 13.2. The summed E-state index contributed by atoms with van der Waals surface area (Å²) in [6, 6.07) is 2.57. The van der Waals surface area contributed by atoms with Crippen molar-refractivity contribution < 1.29 is 52.7 Å². The number of methoxy groups -OCH3 is 2. The Labute approximate surface area is 184 Å². The van der Waals surface area contributed by atoms with Crippen LogP contribution in [0.4, 0.5) is 14.4 Å². The van der Waals surface area contributed by atoms with Crippen molar-refractivity contribution in [1.29, 1.82) is 0 Å². The fourth-order valence-corrected chi connectivity index (χ4v) is 2.73. The molecule has 0 heterocycles. The maximum atomic E-state index is 11.6. The van der Waals surface area contributed by atoms with Gasteiger partial charge in [-0.2, -0.15) is 0 Å². The number of carboxylic acid groups (broad SMARTS) is 1. The highest BCUT2D eigenvalue weighted by Crippen LogP contribution is 2.36. The quantitative estimate of drug-likeness (QED) is 0.299. The largest absolute Gasteiger partial charge is 0.513 e. The molecule has 0 aliphatic carbocycles. The summed E-state index contributed by atoms with van der Waals surface area (Å²) in [5.74, 6) is -3.20. The molecule has 3 N–H and O–H groups in total. The van der Waals surface area contributed by atoms with Crippen molar-refractivity contribution in [2.24, 2.45) is 11.7 Å². The van der Waals surface area contributed by atoms with Crippen LogP contribution in [0, 0.1) is 5.92 Å². The van der Waals surface area contributed by atoms with Crippen LogP contribution in [0.25, 0.3) is 0 Å². The lowest BCUT2D eigenvalue weighted by atomic mass is 9.82. The summed E-state index contributed by atoms with van der Waals surface area (Å²) in [6.07, 6.45) is -2.46. The van der Waals surface area contributed by atoms with Gasteiger partial charge in [-0.25, -0.2) is 14.4 Å². The van der Waals surface area contributed by atoms with Crippen molar-refractivity contribution >= 4 is 24.4 Å². The first kappa shape index (κ1) is 26.5. The number of ether oxygens (including phenoxy) is 6. The Morgan fingerprint density at radius 2 is 1.56 bits per heavy atom. The smallest absolute Gasteiger partial charge is 0.480 e. The molecule has 0 radical (unpaired) electrons. The molecule has 0 aromatic heterocycles. The van der Waals surface area contributed by atoms with Gasteiger partial charge in [0.1, 0.15) is 6.04 Å². The zero-order chi connectivity index (χ0) is 24.3. The fraction of sp³-hybridized carbons (Fsp3) is 0.500. The number of hydrogen-bond donors (Lipinski definition) is 2. The fourth-order valence-electron chi connectivity index (χ4n) is 2.73. The van der Waals surface area contributed by atoms with Gasteiger partial charge in [0.05, 0.1) is 27.4 Å². The summed E-state index contributed by atoms with van der Waals surface area (Å²) >= 11 is 0. The molecule has 1 aromatic carbocycles. The highest BCUT2D eigenvalue weighted by atomic mass is 16.7. The van der Waals surface area contributed by atoms with E-state index in [9.17, 15) is 24.3 Å². The van der Waals surface area contributed by atoms with Crippen molar-refractivity contribution in [3.63, 3.8) is 0 Å². The van der Waals surface area contributed by atoms with E-state index >= 15 is 0 Å². The second-order valence-electron chi connectivity index (χ2n) is 6.60. The molecule has 0 fully saturated rings. The maximum absolute atomic E-state index is 11.6. The lowest BCUT2D eigenvalue weighted by Gasteiger charge is -2.27. The van der Waals surface area contributed by atoms with Gasteiger partial charge in [0.25, 0.3) is 0 Å². The van der Waals surface area contributed by atoms with Gasteiger partial charge in [-0.1, -0.05) is 19.9 Å². The molecule has 3 atom stereocenters. The lowest BCUT2D eigenvalue weighted by molar-refractivity contribution is -0.139. The Kier molecular flexibility index (Phi) is 10.8. The summed E-state index contributed by atoms with van der Waals surface area (Å²) in [5.41, 5.74) is 6.20. The second-order valence-corrected chi connectivity index (χ2v) is 6.60. The van der Waals surface area contributed by atoms with Gasteiger partial charge in [0, 0.05) is 5.92 Å². The summed E-state index contributed by atoms with van der Waals surface area (Å²) < 4.78 is 28.7. The van der Waals surface area contributed by atoms with E-state index in [0.717, 1.165) is 14.2 Å². The van der Waals surface area contributed by atoms with E-state index in [0.29, 0.717) is 12.0 Å². The third kappa shape index (κ3) is 7.95. The zero-order valence-electron chi connectivity index (χ0n) is 18.2. The van der Waals surface area contributed by atoms with Gasteiger partial charge < -0.3 is 39.3 Å². The Bertz CT molecular complexity index is 811. The Hall–Kier alpha value is -3.54. The number of aliphatic carboxylic acids is 1. The Morgan fingerprint density at radius 1 is 0.969 bits per heavy atom. The van der Waals surface area contributed by atoms with Crippen molar-refractivity contribution in [3.8, 4) is 11.5 Å². The number of nitrogens with two attached hydrogens (primary N) is 1. The second kappa shape index (κ2) is 13.0. The summed E-state index contributed by atoms with van der Waals surface area (Å²) in [5, 5.41) is 9.47. The van der Waals surface area contributed by atoms with Crippen LogP contribution < -0.4 is 15.2 Å². The molecule has 0 spiro atoms. The molecule has 0 saturated carbocycles. The highest BCUT2D eigenvalue weighted by Gasteiger charge is 2.33. The van der Waals surface area contributed by atoms with Crippen molar-refractivity contribution in [2.45, 2.75) is 32.2 Å². The van der Waals surface area contributed by atoms with Gasteiger partial charge in [-0.3, -0.25) is 4.79 Å². The average Bonchev–Trinajstić information content (AvgIpc) is 2.77. The molecule has 178 valence electrons. The molecule has 0 bridgehead atoms. The maximum Gasteiger partial charge on any atom is 0.513 e.